The van der Waals surface area contributed by atoms with Crippen LogP contribution in [-0.2, 0) is 6.18 Å². The van der Waals surface area contributed by atoms with Crippen molar-refractivity contribution in [1.82, 2.24) is 0 Å². The molecule has 0 aliphatic rings. The van der Waals surface area contributed by atoms with Crippen LogP contribution in [0.3, 0.4) is 0 Å². The van der Waals surface area contributed by atoms with E-state index in [0.29, 0.717) is 6.07 Å². The quantitative estimate of drug-likeness (QED) is 0.516. The highest BCUT2D eigenvalue weighted by molar-refractivity contribution is 5.18. The van der Waals surface area contributed by atoms with Crippen LogP contribution >= 0.6 is 0 Å². The Labute approximate surface area is 60.5 Å². The SMILES string of the molecule is FC(F)(F)c1cccc([18F])c1. The maximum absolute atomic E-state index is 12.2. The summed E-state index contributed by atoms with van der Waals surface area (Å²) in [6.07, 6.45) is -4.46. The van der Waals surface area contributed by atoms with E-state index in [1.54, 1.807) is 0 Å². The molecular formula is C7H4F4. The minimum atomic E-state index is -4.46. The summed E-state index contributed by atoms with van der Waals surface area (Å²) in [6.45, 7) is 0. The molecule has 0 radical (unpaired) electrons. The molecule has 0 aliphatic heterocycles. The summed E-state index contributed by atoms with van der Waals surface area (Å²) in [7, 11) is 0. The molecule has 1 aromatic rings. The summed E-state index contributed by atoms with van der Waals surface area (Å²) >= 11 is 0. The van der Waals surface area contributed by atoms with Crippen molar-refractivity contribution in [2.75, 3.05) is 0 Å². The molecule has 0 aliphatic carbocycles. The number of hydrogen-bond acceptors (Lipinski definition) is 0. The number of halogens is 4. The van der Waals surface area contributed by atoms with Crippen LogP contribution in [-0.4, -0.2) is 0 Å². The van der Waals surface area contributed by atoms with Gasteiger partial charge in [-0.15, -0.1) is 0 Å². The van der Waals surface area contributed by atoms with Crippen molar-refractivity contribution in [2.45, 2.75) is 6.18 Å². The number of rotatable bonds is 0. The van der Waals surface area contributed by atoms with Gasteiger partial charge in [-0.3, -0.25) is 0 Å². The molecule has 4 heteroatoms. The second-order valence-corrected chi connectivity index (χ2v) is 2.01. The molecule has 0 spiro atoms. The van der Waals surface area contributed by atoms with Gasteiger partial charge in [0.05, 0.1) is 5.56 Å². The lowest BCUT2D eigenvalue weighted by molar-refractivity contribution is -0.137. The summed E-state index contributed by atoms with van der Waals surface area (Å²) in [6, 6.07) is 3.27. The van der Waals surface area contributed by atoms with Crippen molar-refractivity contribution in [1.29, 1.82) is 0 Å². The average Bonchev–Trinajstić information content (AvgIpc) is 1.86. The van der Waals surface area contributed by atoms with Crippen molar-refractivity contribution in [2.24, 2.45) is 0 Å². The van der Waals surface area contributed by atoms with Gasteiger partial charge >= 0.3 is 6.18 Å². The molecule has 60 valence electrons. The van der Waals surface area contributed by atoms with E-state index >= 15 is 0 Å². The maximum Gasteiger partial charge on any atom is 0.416 e. The first kappa shape index (κ1) is 8.04. The lowest BCUT2D eigenvalue weighted by atomic mass is 10.2. The van der Waals surface area contributed by atoms with E-state index in [-0.39, 0.29) is 0 Å². The van der Waals surface area contributed by atoms with Crippen LogP contribution in [0.15, 0.2) is 24.3 Å². The molecule has 0 nitrogen and oxygen atoms in total. The van der Waals surface area contributed by atoms with E-state index < -0.39 is 17.6 Å². The smallest absolute Gasteiger partial charge is 0.207 e. The lowest BCUT2D eigenvalue weighted by Gasteiger charge is -2.04. The van der Waals surface area contributed by atoms with E-state index in [1.807, 2.05) is 0 Å². The van der Waals surface area contributed by atoms with E-state index in [9.17, 15) is 17.6 Å². The van der Waals surface area contributed by atoms with Crippen LogP contribution in [0.1, 0.15) is 5.56 Å². The maximum atomic E-state index is 12.2. The molecule has 0 bridgehead atoms. The molecule has 1 aromatic carbocycles. The zero-order valence-corrected chi connectivity index (χ0v) is 5.32. The zero-order chi connectivity index (χ0) is 8.48. The Morgan fingerprint density at radius 3 is 2.09 bits per heavy atom. The fourth-order valence-electron chi connectivity index (χ4n) is 0.665. The standard InChI is InChI=1S/C7H4F4/c8-6-3-1-2-5(4-6)7(9,10)11/h1-4H/i8-1. The molecule has 0 N–H and O–H groups in total. The van der Waals surface area contributed by atoms with Gasteiger partial charge in [-0.25, -0.2) is 4.39 Å². The van der Waals surface area contributed by atoms with Gasteiger partial charge in [-0.2, -0.15) is 13.2 Å². The van der Waals surface area contributed by atoms with Crippen LogP contribution in [0.25, 0.3) is 0 Å². The molecule has 0 saturated heterocycles. The van der Waals surface area contributed by atoms with Crippen molar-refractivity contribution >= 4 is 0 Å². The normalized spacial score (nSPS) is 11.6. The van der Waals surface area contributed by atoms with Gasteiger partial charge in [-0.05, 0) is 18.2 Å². The van der Waals surface area contributed by atoms with Crippen LogP contribution in [0.4, 0.5) is 17.6 Å². The highest BCUT2D eigenvalue weighted by atomic mass is 19.4. The second-order valence-electron chi connectivity index (χ2n) is 2.01. The van der Waals surface area contributed by atoms with Gasteiger partial charge in [0.15, 0.2) is 0 Å². The van der Waals surface area contributed by atoms with Crippen molar-refractivity contribution in [3.63, 3.8) is 0 Å². The first-order valence-corrected chi connectivity index (χ1v) is 2.83. The largest absolute Gasteiger partial charge is 0.416 e. The Balaban J connectivity index is 3.06. The zero-order valence-electron chi connectivity index (χ0n) is 5.32. The van der Waals surface area contributed by atoms with Crippen LogP contribution in [0.5, 0.6) is 0 Å². The fraction of sp³-hybridized carbons (Fsp3) is 0.143. The van der Waals surface area contributed by atoms with Gasteiger partial charge < -0.3 is 0 Å². The van der Waals surface area contributed by atoms with Gasteiger partial charge in [-0.1, -0.05) is 6.07 Å². The van der Waals surface area contributed by atoms with Gasteiger partial charge in [0, 0.05) is 0 Å². The van der Waals surface area contributed by atoms with Gasteiger partial charge in [0.1, 0.15) is 5.82 Å². The van der Waals surface area contributed by atoms with E-state index in [1.165, 1.54) is 0 Å². The van der Waals surface area contributed by atoms with Crippen LogP contribution in [0.2, 0.25) is 0 Å². The summed E-state index contributed by atoms with van der Waals surface area (Å²) in [5, 5.41) is 0. The second kappa shape index (κ2) is 2.53. The Kier molecular flexibility index (Phi) is 1.85. The third kappa shape index (κ3) is 1.93. The van der Waals surface area contributed by atoms with Crippen LogP contribution < -0.4 is 0 Å². The Hall–Kier alpha value is -1.06. The average molecular weight is 163 g/mol. The van der Waals surface area contributed by atoms with Gasteiger partial charge in [0.2, 0.25) is 0 Å². The fourth-order valence-corrected chi connectivity index (χ4v) is 0.665. The molecular weight excluding hydrogens is 159 g/mol. The molecule has 0 aromatic heterocycles. The molecule has 0 unspecified atom stereocenters. The van der Waals surface area contributed by atoms with Crippen molar-refractivity contribution in [3.05, 3.63) is 35.6 Å². The molecule has 11 heavy (non-hydrogen) atoms. The molecule has 0 atom stereocenters. The minimum Gasteiger partial charge on any atom is -0.207 e. The van der Waals surface area contributed by atoms with E-state index in [4.69, 9.17) is 0 Å². The Morgan fingerprint density at radius 1 is 1.09 bits per heavy atom. The summed E-state index contributed by atoms with van der Waals surface area (Å²) in [5.41, 5.74) is -0.961. The highest BCUT2D eigenvalue weighted by Crippen LogP contribution is 2.28. The predicted octanol–water partition coefficient (Wildman–Crippen LogP) is 2.84. The molecule has 0 saturated carbocycles. The summed E-state index contributed by atoms with van der Waals surface area (Å²) in [4.78, 5) is 0. The Morgan fingerprint density at radius 2 is 1.73 bits per heavy atom. The van der Waals surface area contributed by atoms with Gasteiger partial charge in [0.25, 0.3) is 0 Å². The third-order valence-electron chi connectivity index (χ3n) is 1.15. The van der Waals surface area contributed by atoms with Crippen LogP contribution in [0, 0.1) is 5.82 Å². The van der Waals surface area contributed by atoms with E-state index in [2.05, 4.69) is 0 Å². The number of benzene rings is 1. The molecule has 0 fully saturated rings. The summed E-state index contributed by atoms with van der Waals surface area (Å²) < 4.78 is 47.6. The van der Waals surface area contributed by atoms with Crippen molar-refractivity contribution < 1.29 is 17.6 Å². The monoisotopic (exact) mass is 163 g/mol. The predicted molar refractivity (Wildman–Crippen MR) is 31.4 cm³/mol. The Bertz CT molecular complexity index is 251. The van der Waals surface area contributed by atoms with E-state index in [0.717, 1.165) is 18.2 Å². The first-order valence-electron chi connectivity index (χ1n) is 2.83. The first-order chi connectivity index (χ1) is 5.00. The third-order valence-corrected chi connectivity index (χ3v) is 1.15. The topological polar surface area (TPSA) is 0 Å². The molecule has 0 heterocycles. The molecule has 0 amide bonds. The van der Waals surface area contributed by atoms with Crippen molar-refractivity contribution in [3.8, 4) is 0 Å². The highest BCUT2D eigenvalue weighted by Gasteiger charge is 2.30. The minimum absolute atomic E-state index is 0.458. The number of alkyl halides is 3. The molecule has 1 rings (SSSR count). The lowest BCUT2D eigenvalue weighted by Crippen LogP contribution is -2.04. The number of hydrogen-bond donors (Lipinski definition) is 0. The summed E-state index contributed by atoms with van der Waals surface area (Å²) in [5.74, 6) is -0.875.